The highest BCUT2D eigenvalue weighted by Gasteiger charge is 2.23. The molecule has 0 aromatic heterocycles. The summed E-state index contributed by atoms with van der Waals surface area (Å²) in [4.78, 5) is 0. The largest absolute Gasteiger partial charge is 0.506 e. The fourth-order valence-corrected chi connectivity index (χ4v) is 4.73. The summed E-state index contributed by atoms with van der Waals surface area (Å²) in [6.07, 6.45) is 15.9. The van der Waals surface area contributed by atoms with Gasteiger partial charge >= 0.3 is 0 Å². The third kappa shape index (κ3) is 7.22. The summed E-state index contributed by atoms with van der Waals surface area (Å²) >= 11 is 6.31. The Morgan fingerprint density at radius 3 is 2.07 bits per heavy atom. The molecule has 0 fully saturated rings. The first-order valence-corrected chi connectivity index (χ1v) is 12.4. The molecule has 0 spiro atoms. The number of fused-ring (bicyclic) bond motifs is 1. The molecule has 1 aliphatic heterocycles. The van der Waals surface area contributed by atoms with Crippen LogP contribution in [0.25, 0.3) is 6.08 Å². The number of phenols is 1. The van der Waals surface area contributed by atoms with Crippen LogP contribution in [0.4, 0.5) is 0 Å². The van der Waals surface area contributed by atoms with E-state index in [-0.39, 0.29) is 11.9 Å². The Kier molecular flexibility index (Phi) is 10.1. The van der Waals surface area contributed by atoms with Gasteiger partial charge < -0.3 is 9.84 Å². The zero-order valence-corrected chi connectivity index (χ0v) is 20.8. The van der Waals surface area contributed by atoms with Crippen LogP contribution >= 0.6 is 11.6 Å². The molecule has 2 rings (SSSR count). The lowest BCUT2D eigenvalue weighted by Gasteiger charge is -2.25. The lowest BCUT2D eigenvalue weighted by Crippen LogP contribution is -2.18. The van der Waals surface area contributed by atoms with Gasteiger partial charge in [-0.25, -0.2) is 0 Å². The van der Waals surface area contributed by atoms with Crippen LogP contribution in [0.3, 0.4) is 0 Å². The molecule has 2 nitrogen and oxygen atoms in total. The van der Waals surface area contributed by atoms with Crippen molar-refractivity contribution in [2.75, 3.05) is 0 Å². The SMILES string of the molecule is Cc1c(C)c2c(c(Cl)c1O)C=C[C@@H](CCC[C@@H](C)CCC[C@@H](C)CCCC(C)C)O2. The second-order valence-corrected chi connectivity index (χ2v) is 10.4. The molecule has 1 aliphatic rings. The summed E-state index contributed by atoms with van der Waals surface area (Å²) in [6.45, 7) is 13.3. The normalized spacial score (nSPS) is 17.7. The molecule has 0 aliphatic carbocycles. The quantitative estimate of drug-likeness (QED) is 0.355. The molecule has 0 unspecified atom stereocenters. The van der Waals surface area contributed by atoms with Crippen molar-refractivity contribution in [3.8, 4) is 11.5 Å². The van der Waals surface area contributed by atoms with Crippen LogP contribution in [0, 0.1) is 31.6 Å². The zero-order chi connectivity index (χ0) is 22.3. The number of phenolic OH excluding ortho intramolecular Hbond substituents is 1. The number of hydrogen-bond acceptors (Lipinski definition) is 2. The van der Waals surface area contributed by atoms with E-state index in [1.54, 1.807) is 0 Å². The first-order chi connectivity index (χ1) is 14.2. The molecule has 1 aromatic carbocycles. The summed E-state index contributed by atoms with van der Waals surface area (Å²) in [7, 11) is 0. The molecule has 1 aromatic rings. The number of benzene rings is 1. The Hall–Kier alpha value is -1.15. The predicted molar refractivity (Wildman–Crippen MR) is 131 cm³/mol. The van der Waals surface area contributed by atoms with Gasteiger partial charge in [-0.05, 0) is 67.7 Å². The van der Waals surface area contributed by atoms with Gasteiger partial charge in [-0.1, -0.05) is 84.2 Å². The zero-order valence-electron chi connectivity index (χ0n) is 20.1. The molecule has 3 heteroatoms. The van der Waals surface area contributed by atoms with Gasteiger partial charge in [0.15, 0.2) is 0 Å². The van der Waals surface area contributed by atoms with Gasteiger partial charge in [0.05, 0.1) is 5.02 Å². The van der Waals surface area contributed by atoms with E-state index in [1.165, 1.54) is 51.4 Å². The number of ether oxygens (including phenoxy) is 1. The average Bonchev–Trinajstić information content (AvgIpc) is 2.70. The standard InChI is InChI=1S/C27H43ClO2/c1-18(2)10-7-11-19(3)12-8-13-20(4)14-9-15-23-16-17-24-25(28)26(29)21(5)22(6)27(24)30-23/h16-20,23,29H,7-15H2,1-6H3/t19-,20-,23+/m0/s1. The smallest absolute Gasteiger partial charge is 0.138 e. The maximum Gasteiger partial charge on any atom is 0.138 e. The molecule has 0 saturated carbocycles. The van der Waals surface area contributed by atoms with E-state index in [0.29, 0.717) is 5.02 Å². The lowest BCUT2D eigenvalue weighted by atomic mass is 9.91. The van der Waals surface area contributed by atoms with Crippen LogP contribution in [0.5, 0.6) is 11.5 Å². The van der Waals surface area contributed by atoms with Crippen molar-refractivity contribution >= 4 is 17.7 Å². The molecule has 0 radical (unpaired) electrons. The van der Waals surface area contributed by atoms with Crippen LogP contribution in [0.2, 0.25) is 5.02 Å². The van der Waals surface area contributed by atoms with Crippen molar-refractivity contribution < 1.29 is 9.84 Å². The highest BCUT2D eigenvalue weighted by Crippen LogP contribution is 2.43. The van der Waals surface area contributed by atoms with Crippen molar-refractivity contribution in [1.29, 1.82) is 0 Å². The molecule has 0 bridgehead atoms. The summed E-state index contributed by atoms with van der Waals surface area (Å²) in [5, 5.41) is 10.6. The van der Waals surface area contributed by atoms with Gasteiger partial charge in [0.1, 0.15) is 17.6 Å². The van der Waals surface area contributed by atoms with Crippen LogP contribution < -0.4 is 4.74 Å². The molecule has 170 valence electrons. The summed E-state index contributed by atoms with van der Waals surface area (Å²) < 4.78 is 6.25. The first-order valence-electron chi connectivity index (χ1n) is 12.1. The van der Waals surface area contributed by atoms with Crippen molar-refractivity contribution in [2.45, 2.75) is 105 Å². The summed E-state index contributed by atoms with van der Waals surface area (Å²) in [5.41, 5.74) is 2.60. The van der Waals surface area contributed by atoms with Crippen LogP contribution in [-0.4, -0.2) is 11.2 Å². The molecular formula is C27H43ClO2. The number of aromatic hydroxyl groups is 1. The molecule has 1 heterocycles. The molecule has 0 amide bonds. The molecule has 1 N–H and O–H groups in total. The third-order valence-corrected chi connectivity index (χ3v) is 7.13. The van der Waals surface area contributed by atoms with E-state index in [2.05, 4.69) is 33.8 Å². The highest BCUT2D eigenvalue weighted by atomic mass is 35.5. The summed E-state index contributed by atoms with van der Waals surface area (Å²) in [6, 6.07) is 0. The lowest BCUT2D eigenvalue weighted by molar-refractivity contribution is 0.224. The topological polar surface area (TPSA) is 29.5 Å². The van der Waals surface area contributed by atoms with Crippen molar-refractivity contribution in [1.82, 2.24) is 0 Å². The van der Waals surface area contributed by atoms with Crippen LogP contribution in [0.15, 0.2) is 6.08 Å². The number of rotatable bonds is 12. The third-order valence-electron chi connectivity index (χ3n) is 6.75. The second kappa shape index (κ2) is 12.0. The highest BCUT2D eigenvalue weighted by molar-refractivity contribution is 6.34. The fourth-order valence-electron chi connectivity index (χ4n) is 4.44. The van der Waals surface area contributed by atoms with Gasteiger partial charge in [0.2, 0.25) is 0 Å². The van der Waals surface area contributed by atoms with Gasteiger partial charge in [0.25, 0.3) is 0 Å². The Morgan fingerprint density at radius 1 is 0.900 bits per heavy atom. The Balaban J connectivity index is 1.68. The van der Waals surface area contributed by atoms with E-state index in [9.17, 15) is 5.11 Å². The average molecular weight is 435 g/mol. The summed E-state index contributed by atoms with van der Waals surface area (Å²) in [5.74, 6) is 3.49. The van der Waals surface area contributed by atoms with E-state index in [4.69, 9.17) is 16.3 Å². The minimum Gasteiger partial charge on any atom is -0.506 e. The van der Waals surface area contributed by atoms with Gasteiger partial charge in [-0.15, -0.1) is 0 Å². The van der Waals surface area contributed by atoms with Crippen molar-refractivity contribution in [2.24, 2.45) is 17.8 Å². The fraction of sp³-hybridized carbons (Fsp3) is 0.704. The van der Waals surface area contributed by atoms with Crippen molar-refractivity contribution in [3.05, 3.63) is 27.8 Å². The van der Waals surface area contributed by atoms with E-state index in [1.807, 2.05) is 19.9 Å². The predicted octanol–water partition coefficient (Wildman–Crippen LogP) is 8.88. The molecular weight excluding hydrogens is 392 g/mol. The van der Waals surface area contributed by atoms with E-state index >= 15 is 0 Å². The number of hydrogen-bond donors (Lipinski definition) is 1. The molecule has 30 heavy (non-hydrogen) atoms. The minimum atomic E-state index is 0.101. The monoisotopic (exact) mass is 434 g/mol. The van der Waals surface area contributed by atoms with Crippen LogP contribution in [0.1, 0.15) is 102 Å². The first kappa shape index (κ1) is 25.1. The van der Waals surface area contributed by atoms with Gasteiger partial charge in [0, 0.05) is 5.56 Å². The second-order valence-electron chi connectivity index (χ2n) is 10.1. The van der Waals surface area contributed by atoms with Gasteiger partial charge in [-0.3, -0.25) is 0 Å². The maximum atomic E-state index is 10.2. The van der Waals surface area contributed by atoms with E-state index < -0.39 is 0 Å². The van der Waals surface area contributed by atoms with Gasteiger partial charge in [-0.2, -0.15) is 0 Å². The van der Waals surface area contributed by atoms with Crippen LogP contribution in [-0.2, 0) is 0 Å². The Bertz CT molecular complexity index is 708. The Labute approximate surface area is 190 Å². The molecule has 0 saturated heterocycles. The number of halogens is 1. The maximum absolute atomic E-state index is 10.2. The van der Waals surface area contributed by atoms with Crippen molar-refractivity contribution in [3.63, 3.8) is 0 Å². The van der Waals surface area contributed by atoms with E-state index in [0.717, 1.165) is 46.6 Å². The molecule has 3 atom stereocenters. The minimum absolute atomic E-state index is 0.101. The Morgan fingerprint density at radius 2 is 1.47 bits per heavy atom.